The first-order valence-electron chi connectivity index (χ1n) is 10.8. The Morgan fingerprint density at radius 1 is 1.20 bits per heavy atom. The second-order valence-electron chi connectivity index (χ2n) is 7.77. The van der Waals surface area contributed by atoms with Crippen LogP contribution in [0, 0.1) is 5.92 Å². The highest BCUT2D eigenvalue weighted by atomic mass is 127. The van der Waals surface area contributed by atoms with Crippen LogP contribution in [0.4, 0.5) is 0 Å². The first-order valence-corrected chi connectivity index (χ1v) is 10.8. The summed E-state index contributed by atoms with van der Waals surface area (Å²) < 4.78 is 5.88. The summed E-state index contributed by atoms with van der Waals surface area (Å²) in [5.74, 6) is 1.43. The zero-order valence-electron chi connectivity index (χ0n) is 18.5. The van der Waals surface area contributed by atoms with Crippen LogP contribution in [0.5, 0.6) is 0 Å². The molecule has 1 aromatic carbocycles. The number of hydrogen-bond donors (Lipinski definition) is 3. The van der Waals surface area contributed by atoms with Gasteiger partial charge in [0.05, 0.1) is 19.3 Å². The van der Waals surface area contributed by atoms with Gasteiger partial charge < -0.3 is 20.7 Å². The third kappa shape index (κ3) is 10.6. The zero-order chi connectivity index (χ0) is 20.9. The van der Waals surface area contributed by atoms with Gasteiger partial charge in [0.1, 0.15) is 0 Å². The number of nitrogens with zero attached hydrogens (tertiary/aromatic N) is 2. The van der Waals surface area contributed by atoms with E-state index in [4.69, 9.17) is 4.74 Å². The summed E-state index contributed by atoms with van der Waals surface area (Å²) >= 11 is 0. The first kappa shape index (κ1) is 26.6. The molecule has 3 N–H and O–H groups in total. The second-order valence-corrected chi connectivity index (χ2v) is 7.77. The van der Waals surface area contributed by atoms with Gasteiger partial charge in [-0.25, -0.2) is 0 Å². The van der Waals surface area contributed by atoms with E-state index in [-0.39, 0.29) is 36.0 Å². The predicted molar refractivity (Wildman–Crippen MR) is 134 cm³/mol. The molecule has 170 valence electrons. The third-order valence-electron chi connectivity index (χ3n) is 4.61. The lowest BCUT2D eigenvalue weighted by Crippen LogP contribution is -2.46. The molecule has 1 atom stereocenters. The number of guanidine groups is 1. The van der Waals surface area contributed by atoms with Crippen LogP contribution >= 0.6 is 24.0 Å². The first-order chi connectivity index (χ1) is 14.1. The Morgan fingerprint density at radius 3 is 2.63 bits per heavy atom. The fraction of sp³-hybridized carbons (Fsp3) is 0.636. The molecule has 0 radical (unpaired) electrons. The van der Waals surface area contributed by atoms with Crippen molar-refractivity contribution in [3.05, 3.63) is 35.9 Å². The van der Waals surface area contributed by atoms with Gasteiger partial charge in [0.2, 0.25) is 0 Å². The minimum Gasteiger partial charge on any atom is -0.374 e. The van der Waals surface area contributed by atoms with Gasteiger partial charge in [-0.15, -0.1) is 24.0 Å². The van der Waals surface area contributed by atoms with E-state index in [2.05, 4.69) is 46.6 Å². The summed E-state index contributed by atoms with van der Waals surface area (Å²) in [6.07, 6.45) is 0.966. The van der Waals surface area contributed by atoms with E-state index in [1.54, 1.807) is 0 Å². The molecule has 1 unspecified atom stereocenters. The number of halogens is 1. The minimum absolute atomic E-state index is 0. The van der Waals surface area contributed by atoms with Gasteiger partial charge >= 0.3 is 0 Å². The summed E-state index contributed by atoms with van der Waals surface area (Å²) in [7, 11) is 0. The molecule has 1 aliphatic rings. The van der Waals surface area contributed by atoms with Gasteiger partial charge in [-0.05, 0) is 31.4 Å². The normalized spacial score (nSPS) is 17.3. The number of aliphatic imine (C=N–C) groups is 1. The molecule has 7 nitrogen and oxygen atoms in total. The quantitative estimate of drug-likeness (QED) is 0.187. The lowest BCUT2D eigenvalue weighted by atomic mass is 10.2. The molecule has 0 spiro atoms. The number of rotatable bonds is 10. The van der Waals surface area contributed by atoms with E-state index in [0.29, 0.717) is 24.6 Å². The van der Waals surface area contributed by atoms with E-state index in [1.807, 2.05) is 30.3 Å². The van der Waals surface area contributed by atoms with Gasteiger partial charge in [-0.1, -0.05) is 32.0 Å². The lowest BCUT2D eigenvalue weighted by molar-refractivity contribution is -0.0261. The van der Waals surface area contributed by atoms with Crippen molar-refractivity contribution in [3.8, 4) is 0 Å². The molecule has 1 fully saturated rings. The van der Waals surface area contributed by atoms with Gasteiger partial charge in [0.15, 0.2) is 5.96 Å². The molecule has 8 heteroatoms. The Balaban J connectivity index is 0.00000450. The number of nitrogens with one attached hydrogen (secondary N) is 3. The van der Waals surface area contributed by atoms with Gasteiger partial charge in [-0.2, -0.15) is 0 Å². The van der Waals surface area contributed by atoms with Crippen molar-refractivity contribution in [1.29, 1.82) is 0 Å². The van der Waals surface area contributed by atoms with Gasteiger partial charge in [0.25, 0.3) is 5.91 Å². The molecular weight excluding hydrogens is 493 g/mol. The molecular formula is C22H38IN5O2. The molecule has 1 amide bonds. The van der Waals surface area contributed by atoms with Crippen molar-refractivity contribution in [1.82, 2.24) is 20.9 Å². The van der Waals surface area contributed by atoms with Crippen LogP contribution in [-0.4, -0.2) is 75.3 Å². The van der Waals surface area contributed by atoms with Crippen molar-refractivity contribution in [2.24, 2.45) is 10.9 Å². The van der Waals surface area contributed by atoms with E-state index < -0.39 is 0 Å². The number of ether oxygens (including phenoxy) is 1. The van der Waals surface area contributed by atoms with E-state index in [9.17, 15) is 4.79 Å². The van der Waals surface area contributed by atoms with Gasteiger partial charge in [-0.3, -0.25) is 14.7 Å². The highest BCUT2D eigenvalue weighted by Crippen LogP contribution is 2.08. The standard InChI is InChI=1S/C22H37N5O2.HI/c1-4-23-22(26-15-20-17-27(13-14-29-20)16-18(2)3)25-12-8-11-24-21(28)19-9-6-5-7-10-19;/h5-7,9-10,18,20H,4,8,11-17H2,1-3H3,(H,24,28)(H2,23,25,26);1H. The number of morpholine rings is 1. The monoisotopic (exact) mass is 531 g/mol. The lowest BCUT2D eigenvalue weighted by Gasteiger charge is -2.33. The Morgan fingerprint density at radius 2 is 1.93 bits per heavy atom. The maximum atomic E-state index is 12.0. The maximum Gasteiger partial charge on any atom is 0.251 e. The van der Waals surface area contributed by atoms with Crippen LogP contribution in [0.15, 0.2) is 35.3 Å². The van der Waals surface area contributed by atoms with E-state index in [1.165, 1.54) is 0 Å². The van der Waals surface area contributed by atoms with Crippen molar-refractivity contribution in [3.63, 3.8) is 0 Å². The van der Waals surface area contributed by atoms with Crippen LogP contribution in [0.1, 0.15) is 37.6 Å². The maximum absolute atomic E-state index is 12.0. The highest BCUT2D eigenvalue weighted by Gasteiger charge is 2.20. The van der Waals surface area contributed by atoms with Crippen LogP contribution in [0.3, 0.4) is 0 Å². The predicted octanol–water partition coefficient (Wildman–Crippen LogP) is 2.34. The number of carbonyl (C=O) groups is 1. The number of benzene rings is 1. The number of hydrogen-bond acceptors (Lipinski definition) is 4. The molecule has 2 rings (SSSR count). The fourth-order valence-corrected chi connectivity index (χ4v) is 3.30. The Kier molecular flexibility index (Phi) is 13.7. The molecule has 0 aliphatic carbocycles. The number of carbonyl (C=O) groups excluding carboxylic acids is 1. The van der Waals surface area contributed by atoms with Crippen LogP contribution in [0.2, 0.25) is 0 Å². The molecule has 1 heterocycles. The Hall–Kier alpha value is -1.39. The molecule has 1 aliphatic heterocycles. The fourth-order valence-electron chi connectivity index (χ4n) is 3.30. The molecule has 0 saturated carbocycles. The second kappa shape index (κ2) is 15.4. The van der Waals surface area contributed by atoms with Crippen molar-refractivity contribution in [2.45, 2.75) is 33.3 Å². The molecule has 0 bridgehead atoms. The van der Waals surface area contributed by atoms with Crippen LogP contribution < -0.4 is 16.0 Å². The van der Waals surface area contributed by atoms with Crippen molar-refractivity contribution in [2.75, 3.05) is 52.4 Å². The molecule has 0 aromatic heterocycles. The van der Waals surface area contributed by atoms with Gasteiger partial charge in [0, 0.05) is 44.8 Å². The molecule has 1 aromatic rings. The Labute approximate surface area is 198 Å². The zero-order valence-corrected chi connectivity index (χ0v) is 20.9. The Bertz CT molecular complexity index is 627. The molecule has 1 saturated heterocycles. The average molecular weight is 531 g/mol. The summed E-state index contributed by atoms with van der Waals surface area (Å²) in [5, 5.41) is 9.55. The largest absolute Gasteiger partial charge is 0.374 e. The highest BCUT2D eigenvalue weighted by molar-refractivity contribution is 14.0. The smallest absolute Gasteiger partial charge is 0.251 e. The van der Waals surface area contributed by atoms with Crippen molar-refractivity contribution >= 4 is 35.8 Å². The van der Waals surface area contributed by atoms with Crippen LogP contribution in [-0.2, 0) is 4.74 Å². The number of amides is 1. The van der Waals surface area contributed by atoms with E-state index in [0.717, 1.165) is 51.7 Å². The summed E-state index contributed by atoms with van der Waals surface area (Å²) in [6.45, 7) is 13.2. The summed E-state index contributed by atoms with van der Waals surface area (Å²) in [6, 6.07) is 9.28. The third-order valence-corrected chi connectivity index (χ3v) is 4.61. The van der Waals surface area contributed by atoms with Crippen molar-refractivity contribution < 1.29 is 9.53 Å². The van der Waals surface area contributed by atoms with Crippen LogP contribution in [0.25, 0.3) is 0 Å². The summed E-state index contributed by atoms with van der Waals surface area (Å²) in [4.78, 5) is 19.2. The average Bonchev–Trinajstić information content (AvgIpc) is 2.72. The minimum atomic E-state index is -0.0356. The SMILES string of the molecule is CCNC(=NCC1CN(CC(C)C)CCO1)NCCCNC(=O)c1ccccc1.I. The summed E-state index contributed by atoms with van der Waals surface area (Å²) in [5.41, 5.74) is 0.689. The molecule has 30 heavy (non-hydrogen) atoms. The van der Waals surface area contributed by atoms with E-state index >= 15 is 0 Å². The topological polar surface area (TPSA) is 78.0 Å².